The molecule has 0 radical (unpaired) electrons. The maximum Gasteiger partial charge on any atom is 0.250 e. The van der Waals surface area contributed by atoms with Crippen LogP contribution in [0.1, 0.15) is 57.2 Å². The monoisotopic (exact) mass is 523 g/mol. The highest BCUT2D eigenvalue weighted by molar-refractivity contribution is 7.19. The molecule has 1 aromatic heterocycles. The molecule has 8 heteroatoms. The Labute approximate surface area is 223 Å². The van der Waals surface area contributed by atoms with Crippen LogP contribution >= 0.6 is 11.3 Å². The van der Waals surface area contributed by atoms with E-state index in [9.17, 15) is 14.7 Å². The van der Waals surface area contributed by atoms with E-state index in [0.717, 1.165) is 27.3 Å². The Morgan fingerprint density at radius 1 is 1.08 bits per heavy atom. The van der Waals surface area contributed by atoms with Gasteiger partial charge in [-0.15, -0.1) is 0 Å². The quantitative estimate of drug-likeness (QED) is 0.319. The third-order valence-electron chi connectivity index (χ3n) is 6.24. The Balaban J connectivity index is 1.71. The van der Waals surface area contributed by atoms with Crippen molar-refractivity contribution in [2.45, 2.75) is 73.1 Å². The number of hydrogen-bond acceptors (Lipinski definition) is 6. The summed E-state index contributed by atoms with van der Waals surface area (Å²) in [5.41, 5.74) is 3.66. The third-order valence-corrected chi connectivity index (χ3v) is 7.18. The predicted octanol–water partition coefficient (Wildman–Crippen LogP) is 5.64. The van der Waals surface area contributed by atoms with Crippen LogP contribution in [0.5, 0.6) is 5.75 Å². The molecule has 198 valence electrons. The Kier molecular flexibility index (Phi) is 9.45. The second kappa shape index (κ2) is 12.3. The molecule has 2 amide bonds. The maximum atomic E-state index is 13.0. The van der Waals surface area contributed by atoms with E-state index >= 15 is 0 Å². The number of rotatable bonds is 10. The second-order valence-corrected chi connectivity index (χ2v) is 11.3. The number of ether oxygens (including phenoxy) is 1. The molecule has 37 heavy (non-hydrogen) atoms. The minimum atomic E-state index is -1.21. The van der Waals surface area contributed by atoms with Crippen molar-refractivity contribution in [3.63, 3.8) is 0 Å². The molecule has 0 saturated carbocycles. The molecule has 0 spiro atoms. The van der Waals surface area contributed by atoms with Gasteiger partial charge in [-0.2, -0.15) is 0 Å². The zero-order valence-electron chi connectivity index (χ0n) is 22.4. The molecule has 7 nitrogen and oxygen atoms in total. The second-order valence-electron chi connectivity index (χ2n) is 10.3. The van der Waals surface area contributed by atoms with Gasteiger partial charge in [-0.1, -0.05) is 81.9 Å². The Bertz CT molecular complexity index is 1230. The lowest BCUT2D eigenvalue weighted by atomic mass is 9.88. The Morgan fingerprint density at radius 3 is 2.51 bits per heavy atom. The fraction of sp³-hybridized carbons (Fsp3) is 0.414. The van der Waals surface area contributed by atoms with Crippen LogP contribution < -0.4 is 15.4 Å². The molecule has 3 rings (SSSR count). The first-order valence-corrected chi connectivity index (χ1v) is 13.3. The van der Waals surface area contributed by atoms with Gasteiger partial charge >= 0.3 is 0 Å². The molecule has 0 fully saturated rings. The van der Waals surface area contributed by atoms with Crippen LogP contribution in [0.4, 0.5) is 5.13 Å². The van der Waals surface area contributed by atoms with E-state index in [1.54, 1.807) is 27.0 Å². The first kappa shape index (κ1) is 28.3. The molecule has 0 bridgehead atoms. The van der Waals surface area contributed by atoms with Crippen LogP contribution in [0.3, 0.4) is 0 Å². The van der Waals surface area contributed by atoms with Gasteiger partial charge in [-0.05, 0) is 54.0 Å². The van der Waals surface area contributed by atoms with Gasteiger partial charge in [0.05, 0.1) is 4.88 Å². The number of nitrogens with one attached hydrogen (secondary N) is 2. The summed E-state index contributed by atoms with van der Waals surface area (Å²) < 4.78 is 6.13. The fourth-order valence-corrected chi connectivity index (χ4v) is 4.65. The highest BCUT2D eigenvalue weighted by Crippen LogP contribution is 2.32. The smallest absolute Gasteiger partial charge is 0.250 e. The number of carbonyl (C=O) groups excluding carboxylic acids is 2. The summed E-state index contributed by atoms with van der Waals surface area (Å²) in [7, 11) is 0. The number of carbonyl (C=O) groups is 2. The molecule has 3 aromatic rings. The van der Waals surface area contributed by atoms with Crippen LogP contribution in [0.15, 0.2) is 48.7 Å². The van der Waals surface area contributed by atoms with Crippen molar-refractivity contribution in [3.05, 3.63) is 65.4 Å². The van der Waals surface area contributed by atoms with Gasteiger partial charge in [0.15, 0.2) is 5.13 Å². The van der Waals surface area contributed by atoms with Crippen molar-refractivity contribution in [3.8, 4) is 16.2 Å². The fourth-order valence-electron chi connectivity index (χ4n) is 3.77. The van der Waals surface area contributed by atoms with E-state index in [-0.39, 0.29) is 5.91 Å². The summed E-state index contributed by atoms with van der Waals surface area (Å²) in [6.45, 7) is 11.8. The molecular formula is C29H37N3O4S. The number of aryl methyl sites for hydroxylation is 1. The number of hydrogen-bond donors (Lipinski definition) is 3. The number of benzene rings is 2. The van der Waals surface area contributed by atoms with E-state index in [1.807, 2.05) is 50.2 Å². The summed E-state index contributed by atoms with van der Waals surface area (Å²) >= 11 is 1.36. The minimum absolute atomic E-state index is 0.358. The Morgan fingerprint density at radius 2 is 1.81 bits per heavy atom. The molecule has 0 aliphatic carbocycles. The summed E-state index contributed by atoms with van der Waals surface area (Å²) in [6.07, 6.45) is 1.66. The average molecular weight is 524 g/mol. The van der Waals surface area contributed by atoms with Gasteiger partial charge in [0.2, 0.25) is 11.8 Å². The number of thiazole rings is 1. The summed E-state index contributed by atoms with van der Waals surface area (Å²) in [5.74, 6) is -0.0601. The molecule has 2 atom stereocenters. The zero-order valence-corrected chi connectivity index (χ0v) is 23.2. The van der Waals surface area contributed by atoms with Crippen LogP contribution in [0.25, 0.3) is 10.4 Å². The van der Waals surface area contributed by atoms with E-state index in [0.29, 0.717) is 24.6 Å². The van der Waals surface area contributed by atoms with Crippen molar-refractivity contribution in [1.82, 2.24) is 10.3 Å². The van der Waals surface area contributed by atoms with E-state index in [1.165, 1.54) is 16.9 Å². The Hall–Kier alpha value is -3.23. The lowest BCUT2D eigenvalue weighted by molar-refractivity contribution is -0.137. The number of nitrogens with zero attached hydrogens (tertiary/aromatic N) is 1. The van der Waals surface area contributed by atoms with Crippen molar-refractivity contribution in [1.29, 1.82) is 0 Å². The summed E-state index contributed by atoms with van der Waals surface area (Å²) in [6, 6.07) is 13.2. The molecule has 1 heterocycles. The topological polar surface area (TPSA) is 101 Å². The predicted molar refractivity (Wildman–Crippen MR) is 149 cm³/mol. The van der Waals surface area contributed by atoms with Crippen LogP contribution in [0, 0.1) is 19.3 Å². The molecule has 0 unspecified atom stereocenters. The number of aliphatic hydroxyl groups is 1. The molecule has 3 N–H and O–H groups in total. The van der Waals surface area contributed by atoms with Gasteiger partial charge in [-0.3, -0.25) is 9.59 Å². The maximum absolute atomic E-state index is 13.0. The van der Waals surface area contributed by atoms with Gasteiger partial charge in [-0.25, -0.2) is 4.98 Å². The van der Waals surface area contributed by atoms with Crippen molar-refractivity contribution in [2.75, 3.05) is 5.32 Å². The highest BCUT2D eigenvalue weighted by atomic mass is 32.1. The zero-order chi connectivity index (χ0) is 27.2. The molecule has 0 aliphatic rings. The molecule has 2 aromatic carbocycles. The van der Waals surface area contributed by atoms with Crippen molar-refractivity contribution in [2.24, 2.45) is 5.41 Å². The SMILES string of the molecule is CCC[C@H](NC(=O)[C@@H](O)C(C)(C)C)C(=O)Nc1ncc(-c2ccccc2COc2cccc(C)c2C)s1. The van der Waals surface area contributed by atoms with Crippen LogP contribution in [-0.4, -0.2) is 34.1 Å². The minimum Gasteiger partial charge on any atom is -0.489 e. The lowest BCUT2D eigenvalue weighted by Crippen LogP contribution is -2.50. The molecule has 0 aliphatic heterocycles. The number of amides is 2. The van der Waals surface area contributed by atoms with Gasteiger partial charge < -0.3 is 20.5 Å². The van der Waals surface area contributed by atoms with Crippen LogP contribution in [-0.2, 0) is 16.2 Å². The van der Waals surface area contributed by atoms with Crippen molar-refractivity contribution >= 4 is 28.3 Å². The lowest BCUT2D eigenvalue weighted by Gasteiger charge is -2.26. The van der Waals surface area contributed by atoms with Crippen LogP contribution in [0.2, 0.25) is 0 Å². The third kappa shape index (κ3) is 7.40. The first-order chi connectivity index (χ1) is 17.5. The average Bonchev–Trinajstić information content (AvgIpc) is 3.32. The van der Waals surface area contributed by atoms with E-state index in [4.69, 9.17) is 4.74 Å². The number of aliphatic hydroxyl groups excluding tert-OH is 1. The van der Waals surface area contributed by atoms with Crippen molar-refractivity contribution < 1.29 is 19.4 Å². The largest absolute Gasteiger partial charge is 0.489 e. The summed E-state index contributed by atoms with van der Waals surface area (Å²) in [5, 5.41) is 16.2. The molecular weight excluding hydrogens is 486 g/mol. The highest BCUT2D eigenvalue weighted by Gasteiger charge is 2.32. The van der Waals surface area contributed by atoms with Gasteiger partial charge in [0.1, 0.15) is 24.5 Å². The normalized spacial score (nSPS) is 13.1. The number of aromatic nitrogens is 1. The van der Waals surface area contributed by atoms with E-state index < -0.39 is 23.5 Å². The first-order valence-electron chi connectivity index (χ1n) is 12.5. The van der Waals surface area contributed by atoms with Gasteiger partial charge in [0, 0.05) is 6.20 Å². The van der Waals surface area contributed by atoms with Gasteiger partial charge in [0.25, 0.3) is 0 Å². The number of anilines is 1. The van der Waals surface area contributed by atoms with E-state index in [2.05, 4.69) is 28.6 Å². The standard InChI is InChI=1S/C29H37N3O4S/c1-7-11-22(31-27(35)25(33)29(4,5)6)26(34)32-28-30-16-24(37-28)21-14-9-8-13-20(21)17-36-23-15-10-12-18(2)19(23)3/h8-10,12-16,22,25,33H,7,11,17H2,1-6H3,(H,31,35)(H,30,32,34)/t22-,25+/m0/s1. The molecule has 0 saturated heterocycles. The summed E-state index contributed by atoms with van der Waals surface area (Å²) in [4.78, 5) is 30.8.